The normalized spacial score (nSPS) is 10.3. The summed E-state index contributed by atoms with van der Waals surface area (Å²) in [6.45, 7) is 0. The van der Waals surface area contributed by atoms with E-state index in [4.69, 9.17) is 29.6 Å². The van der Waals surface area contributed by atoms with E-state index in [0.717, 1.165) is 0 Å². The quantitative estimate of drug-likeness (QED) is 0.349. The van der Waals surface area contributed by atoms with Crippen LogP contribution in [0, 0.1) is 4.64 Å². The minimum Gasteiger partial charge on any atom is -0.383 e. The van der Waals surface area contributed by atoms with Gasteiger partial charge in [-0.15, -0.1) is 0 Å². The highest BCUT2D eigenvalue weighted by Crippen LogP contribution is 2.20. The molecule has 0 aromatic carbocycles. The molecule has 0 radical (unpaired) electrons. The summed E-state index contributed by atoms with van der Waals surface area (Å²) in [7, 11) is 0. The van der Waals surface area contributed by atoms with Gasteiger partial charge in [0.1, 0.15) is 21.4 Å². The van der Waals surface area contributed by atoms with Crippen molar-refractivity contribution in [1.82, 2.24) is 15.0 Å². The van der Waals surface area contributed by atoms with Crippen LogP contribution in [0.4, 0.5) is 17.3 Å². The summed E-state index contributed by atoms with van der Waals surface area (Å²) in [4.78, 5) is 11.2. The second-order valence-corrected chi connectivity index (χ2v) is 4.93. The summed E-state index contributed by atoms with van der Waals surface area (Å²) in [5.41, 5.74) is 6.40. The van der Waals surface area contributed by atoms with Crippen LogP contribution >= 0.6 is 35.6 Å². The van der Waals surface area contributed by atoms with E-state index in [2.05, 4.69) is 20.3 Å². The van der Waals surface area contributed by atoms with E-state index >= 15 is 0 Å². The molecule has 4 N–H and O–H groups in total. The second kappa shape index (κ2) is 5.55. The third-order valence-corrected chi connectivity index (χ3v) is 3.13. The fourth-order valence-corrected chi connectivity index (χ4v) is 2.11. The lowest BCUT2D eigenvalue weighted by Crippen LogP contribution is -2.00. The van der Waals surface area contributed by atoms with Crippen molar-refractivity contribution >= 4 is 52.9 Å². The number of hydrogen-bond acceptors (Lipinski definition) is 6. The molecule has 0 saturated carbocycles. The molecule has 5 nitrogen and oxygen atoms in total. The number of nitrogens with zero attached hydrogens (tertiary/aromatic N) is 2. The topological polar surface area (TPSA) is 79.6 Å². The summed E-state index contributed by atoms with van der Waals surface area (Å²) in [5.74, 6) is 0.995. The lowest BCUT2D eigenvalue weighted by molar-refractivity contribution is 0.984. The summed E-state index contributed by atoms with van der Waals surface area (Å²) >= 11 is 12.4. The SMILES string of the molecule is CSc1nc(N)cc(Nc2ccc(Cl)[nH]c2=S)n1. The summed E-state index contributed by atoms with van der Waals surface area (Å²) < 4.78 is 0.505. The minimum absolute atomic E-state index is 0.403. The van der Waals surface area contributed by atoms with E-state index in [1.54, 1.807) is 18.2 Å². The molecule has 94 valence electrons. The molecule has 2 rings (SSSR count). The third kappa shape index (κ3) is 3.12. The van der Waals surface area contributed by atoms with Crippen LogP contribution in [-0.2, 0) is 0 Å². The third-order valence-electron chi connectivity index (χ3n) is 2.04. The predicted octanol–water partition coefficient (Wildman–Crippen LogP) is 3.24. The number of nitrogens with two attached hydrogens (primary N) is 1. The number of nitrogens with one attached hydrogen (secondary N) is 2. The fourth-order valence-electron chi connectivity index (χ4n) is 1.28. The van der Waals surface area contributed by atoms with Gasteiger partial charge in [0.25, 0.3) is 0 Å². The molecule has 0 amide bonds. The van der Waals surface area contributed by atoms with Crippen molar-refractivity contribution < 1.29 is 0 Å². The maximum absolute atomic E-state index is 5.79. The van der Waals surface area contributed by atoms with E-state index in [9.17, 15) is 0 Å². The molecule has 0 aliphatic rings. The van der Waals surface area contributed by atoms with Gasteiger partial charge in [-0.05, 0) is 18.4 Å². The largest absolute Gasteiger partial charge is 0.383 e. The monoisotopic (exact) mass is 299 g/mol. The Morgan fingerprint density at radius 3 is 2.89 bits per heavy atom. The van der Waals surface area contributed by atoms with E-state index in [-0.39, 0.29) is 0 Å². The molecular weight excluding hydrogens is 290 g/mol. The van der Waals surface area contributed by atoms with Gasteiger partial charge < -0.3 is 16.0 Å². The average molecular weight is 300 g/mol. The van der Waals surface area contributed by atoms with Gasteiger partial charge >= 0.3 is 0 Å². The number of aromatic amines is 1. The zero-order valence-corrected chi connectivity index (χ0v) is 11.8. The van der Waals surface area contributed by atoms with Gasteiger partial charge in [0.15, 0.2) is 5.16 Å². The number of thioether (sulfide) groups is 1. The molecular formula is C10H10ClN5S2. The Balaban J connectivity index is 2.33. The van der Waals surface area contributed by atoms with Gasteiger partial charge in [-0.25, -0.2) is 9.97 Å². The number of pyridine rings is 1. The van der Waals surface area contributed by atoms with E-state index in [1.807, 2.05) is 6.26 Å². The van der Waals surface area contributed by atoms with E-state index in [0.29, 0.717) is 32.3 Å². The molecule has 0 saturated heterocycles. The van der Waals surface area contributed by atoms with Gasteiger partial charge in [-0.2, -0.15) is 0 Å². The van der Waals surface area contributed by atoms with Crippen molar-refractivity contribution in [1.29, 1.82) is 0 Å². The first-order chi connectivity index (χ1) is 8.58. The summed E-state index contributed by atoms with van der Waals surface area (Å²) in [5, 5.41) is 4.16. The molecule has 2 aromatic rings. The Labute approximate surface area is 118 Å². The van der Waals surface area contributed by atoms with Crippen LogP contribution in [0.3, 0.4) is 0 Å². The first-order valence-corrected chi connectivity index (χ1v) is 6.94. The Morgan fingerprint density at radius 1 is 1.44 bits per heavy atom. The highest BCUT2D eigenvalue weighted by molar-refractivity contribution is 7.98. The zero-order valence-electron chi connectivity index (χ0n) is 9.40. The van der Waals surface area contributed by atoms with E-state index < -0.39 is 0 Å². The van der Waals surface area contributed by atoms with Crippen molar-refractivity contribution in [2.24, 2.45) is 0 Å². The van der Waals surface area contributed by atoms with Gasteiger partial charge in [-0.1, -0.05) is 35.6 Å². The average Bonchev–Trinajstić information content (AvgIpc) is 2.32. The second-order valence-electron chi connectivity index (χ2n) is 3.34. The van der Waals surface area contributed by atoms with Crippen LogP contribution in [0.25, 0.3) is 0 Å². The number of rotatable bonds is 3. The number of H-pyrrole nitrogens is 1. The number of anilines is 3. The maximum atomic E-state index is 5.79. The minimum atomic E-state index is 0.403. The van der Waals surface area contributed by atoms with Gasteiger partial charge in [0, 0.05) is 6.07 Å². The summed E-state index contributed by atoms with van der Waals surface area (Å²) in [6.07, 6.45) is 1.88. The van der Waals surface area contributed by atoms with Crippen molar-refractivity contribution in [3.8, 4) is 0 Å². The zero-order chi connectivity index (χ0) is 13.1. The van der Waals surface area contributed by atoms with Gasteiger partial charge in [0.2, 0.25) is 0 Å². The molecule has 0 bridgehead atoms. The predicted molar refractivity (Wildman–Crippen MR) is 78.1 cm³/mol. The molecule has 0 atom stereocenters. The molecule has 0 spiro atoms. The lowest BCUT2D eigenvalue weighted by atomic mass is 10.4. The highest BCUT2D eigenvalue weighted by Gasteiger charge is 2.03. The van der Waals surface area contributed by atoms with Crippen molar-refractivity contribution in [2.75, 3.05) is 17.3 Å². The van der Waals surface area contributed by atoms with Crippen LogP contribution < -0.4 is 11.1 Å². The van der Waals surface area contributed by atoms with Crippen LogP contribution in [0.5, 0.6) is 0 Å². The Morgan fingerprint density at radius 2 is 2.22 bits per heavy atom. The number of aromatic nitrogens is 3. The molecule has 0 aliphatic heterocycles. The van der Waals surface area contributed by atoms with Crippen LogP contribution in [-0.4, -0.2) is 21.2 Å². The first-order valence-electron chi connectivity index (χ1n) is 4.93. The van der Waals surface area contributed by atoms with Crippen molar-refractivity contribution in [2.45, 2.75) is 5.16 Å². The molecule has 18 heavy (non-hydrogen) atoms. The summed E-state index contributed by atoms with van der Waals surface area (Å²) in [6, 6.07) is 5.13. The van der Waals surface area contributed by atoms with Crippen molar-refractivity contribution in [3.05, 3.63) is 28.0 Å². The molecule has 0 unspecified atom stereocenters. The lowest BCUT2D eigenvalue weighted by Gasteiger charge is -2.07. The smallest absolute Gasteiger partial charge is 0.191 e. The Bertz CT molecular complexity index is 628. The van der Waals surface area contributed by atoms with Crippen molar-refractivity contribution in [3.63, 3.8) is 0 Å². The van der Waals surface area contributed by atoms with Crippen LogP contribution in [0.2, 0.25) is 5.15 Å². The Kier molecular flexibility index (Phi) is 4.05. The van der Waals surface area contributed by atoms with Crippen LogP contribution in [0.15, 0.2) is 23.4 Å². The highest BCUT2D eigenvalue weighted by atomic mass is 35.5. The molecule has 2 heterocycles. The van der Waals surface area contributed by atoms with Gasteiger partial charge in [-0.3, -0.25) is 0 Å². The van der Waals surface area contributed by atoms with Gasteiger partial charge in [0.05, 0.1) is 5.69 Å². The first kappa shape index (κ1) is 13.1. The van der Waals surface area contributed by atoms with E-state index in [1.165, 1.54) is 11.8 Å². The maximum Gasteiger partial charge on any atom is 0.191 e. The number of hydrogen-bond donors (Lipinski definition) is 3. The fraction of sp³-hybridized carbons (Fsp3) is 0.100. The van der Waals surface area contributed by atoms with Crippen LogP contribution in [0.1, 0.15) is 0 Å². The molecule has 0 aliphatic carbocycles. The Hall–Kier alpha value is -1.31. The molecule has 8 heteroatoms. The number of halogens is 1. The molecule has 2 aromatic heterocycles. The number of nitrogen functional groups attached to an aromatic ring is 1. The molecule has 0 fully saturated rings. The standard InChI is InChI=1S/C10H10ClN5S2/c1-18-10-15-7(12)4-8(16-10)13-5-2-3-6(11)14-9(5)17/h2-4H,1H3,(H,14,17)(H3,12,13,15,16).